The lowest BCUT2D eigenvalue weighted by Gasteiger charge is -2.01. The van der Waals surface area contributed by atoms with Gasteiger partial charge in [-0.3, -0.25) is 9.11 Å². The Bertz CT molecular complexity index is 367. The van der Waals surface area contributed by atoms with Crippen LogP contribution in [-0.4, -0.2) is 37.4 Å². The van der Waals surface area contributed by atoms with Crippen molar-refractivity contribution in [3.63, 3.8) is 0 Å². The molecule has 126 valence electrons. The van der Waals surface area contributed by atoms with Crippen LogP contribution in [0.3, 0.4) is 0 Å². The molecule has 0 aromatic carbocycles. The summed E-state index contributed by atoms with van der Waals surface area (Å²) >= 11 is 0. The van der Waals surface area contributed by atoms with Gasteiger partial charge in [-0.1, -0.05) is 38.5 Å². The Morgan fingerprint density at radius 3 is 0.900 bits per heavy atom. The third-order valence-electron chi connectivity index (χ3n) is 2.55. The SMILES string of the molecule is Cl.Cl.O=S(=O)(O)CCCCCCCCCCS(=O)(=O)O. The lowest BCUT2D eigenvalue weighted by molar-refractivity contribution is 0.474. The van der Waals surface area contributed by atoms with Crippen molar-refractivity contribution < 1.29 is 25.9 Å². The zero-order chi connectivity index (χ0) is 14.1. The highest BCUT2D eigenvalue weighted by Gasteiger charge is 2.04. The van der Waals surface area contributed by atoms with E-state index in [4.69, 9.17) is 9.11 Å². The van der Waals surface area contributed by atoms with E-state index in [1.807, 2.05) is 0 Å². The Morgan fingerprint density at radius 2 is 0.700 bits per heavy atom. The van der Waals surface area contributed by atoms with Crippen LogP contribution in [-0.2, 0) is 20.2 Å². The summed E-state index contributed by atoms with van der Waals surface area (Å²) in [6.45, 7) is 0. The van der Waals surface area contributed by atoms with Crippen LogP contribution in [0, 0.1) is 0 Å². The first kappa shape index (κ1) is 25.4. The maximum absolute atomic E-state index is 10.4. The molecule has 0 rings (SSSR count). The molecule has 0 aromatic heterocycles. The molecule has 0 aliphatic heterocycles. The normalized spacial score (nSPS) is 11.5. The predicted octanol–water partition coefficient (Wildman–Crippen LogP) is 2.73. The van der Waals surface area contributed by atoms with Gasteiger partial charge in [0.15, 0.2) is 0 Å². The van der Waals surface area contributed by atoms with Crippen LogP contribution in [0.2, 0.25) is 0 Å². The lowest BCUT2D eigenvalue weighted by Crippen LogP contribution is -2.03. The fourth-order valence-corrected chi connectivity index (χ4v) is 2.77. The molecule has 0 fully saturated rings. The number of unbranched alkanes of at least 4 members (excludes halogenated alkanes) is 7. The summed E-state index contributed by atoms with van der Waals surface area (Å²) in [5, 5.41) is 0. The van der Waals surface area contributed by atoms with Gasteiger partial charge in [0, 0.05) is 0 Å². The maximum Gasteiger partial charge on any atom is 0.264 e. The van der Waals surface area contributed by atoms with E-state index in [1.54, 1.807) is 0 Å². The quantitative estimate of drug-likeness (QED) is 0.425. The molecule has 20 heavy (non-hydrogen) atoms. The highest BCUT2D eigenvalue weighted by molar-refractivity contribution is 7.86. The topological polar surface area (TPSA) is 109 Å². The molecule has 0 radical (unpaired) electrons. The molecule has 0 aliphatic carbocycles. The van der Waals surface area contributed by atoms with Crippen molar-refractivity contribution in [3.8, 4) is 0 Å². The van der Waals surface area contributed by atoms with E-state index in [2.05, 4.69) is 0 Å². The Hall–Kier alpha value is 0.400. The van der Waals surface area contributed by atoms with Gasteiger partial charge in [-0.05, 0) is 12.8 Å². The number of rotatable bonds is 11. The monoisotopic (exact) mass is 374 g/mol. The smallest absolute Gasteiger partial charge is 0.264 e. The molecule has 0 heterocycles. The molecule has 0 aromatic rings. The van der Waals surface area contributed by atoms with Crippen molar-refractivity contribution >= 4 is 45.1 Å². The Morgan fingerprint density at radius 1 is 0.500 bits per heavy atom. The number of halogens is 2. The molecular weight excluding hydrogens is 351 g/mol. The van der Waals surface area contributed by atoms with Crippen LogP contribution in [0.4, 0.5) is 0 Å². The van der Waals surface area contributed by atoms with Gasteiger partial charge in [0.1, 0.15) is 0 Å². The molecule has 0 atom stereocenters. The molecule has 2 N–H and O–H groups in total. The van der Waals surface area contributed by atoms with Gasteiger partial charge in [-0.2, -0.15) is 16.8 Å². The predicted molar refractivity (Wildman–Crippen MR) is 84.3 cm³/mol. The summed E-state index contributed by atoms with van der Waals surface area (Å²) < 4.78 is 58.6. The summed E-state index contributed by atoms with van der Waals surface area (Å²) in [5.74, 6) is -0.358. The van der Waals surface area contributed by atoms with Crippen molar-refractivity contribution in [3.05, 3.63) is 0 Å². The summed E-state index contributed by atoms with van der Waals surface area (Å²) in [7, 11) is -7.65. The van der Waals surface area contributed by atoms with Crippen LogP contribution in [0.5, 0.6) is 0 Å². The molecule has 0 unspecified atom stereocenters. The zero-order valence-electron chi connectivity index (χ0n) is 11.2. The Kier molecular flexibility index (Phi) is 16.6. The summed E-state index contributed by atoms with van der Waals surface area (Å²) in [6.07, 6.45) is 6.25. The van der Waals surface area contributed by atoms with Crippen molar-refractivity contribution in [2.75, 3.05) is 11.5 Å². The van der Waals surface area contributed by atoms with E-state index in [-0.39, 0.29) is 36.3 Å². The van der Waals surface area contributed by atoms with Crippen LogP contribution >= 0.6 is 24.8 Å². The van der Waals surface area contributed by atoms with Gasteiger partial charge in [0.25, 0.3) is 20.2 Å². The standard InChI is InChI=1S/C10H22O6S2.2ClH/c11-17(12,13)9-7-5-3-1-2-4-6-8-10-18(14,15)16;;/h1-10H2,(H,11,12,13)(H,14,15,16);2*1H. The molecule has 0 aliphatic rings. The van der Waals surface area contributed by atoms with Crippen LogP contribution in [0.15, 0.2) is 0 Å². The first-order valence-electron chi connectivity index (χ1n) is 6.11. The summed E-state index contributed by atoms with van der Waals surface area (Å²) in [4.78, 5) is 0. The van der Waals surface area contributed by atoms with Gasteiger partial charge in [-0.25, -0.2) is 0 Å². The number of hydrogen-bond donors (Lipinski definition) is 2. The maximum atomic E-state index is 10.4. The average Bonchev–Trinajstić information content (AvgIpc) is 2.17. The second kappa shape index (κ2) is 13.1. The van der Waals surface area contributed by atoms with Gasteiger partial charge >= 0.3 is 0 Å². The first-order valence-corrected chi connectivity index (χ1v) is 9.33. The van der Waals surface area contributed by atoms with Crippen molar-refractivity contribution in [1.29, 1.82) is 0 Å². The third-order valence-corrected chi connectivity index (χ3v) is 4.16. The average molecular weight is 375 g/mol. The van der Waals surface area contributed by atoms with Crippen molar-refractivity contribution in [2.45, 2.75) is 51.4 Å². The Balaban J connectivity index is -0.00000144. The third kappa shape index (κ3) is 23.5. The van der Waals surface area contributed by atoms with Crippen LogP contribution < -0.4 is 0 Å². The first-order chi connectivity index (χ1) is 8.21. The van der Waals surface area contributed by atoms with Gasteiger partial charge in [-0.15, -0.1) is 24.8 Å². The van der Waals surface area contributed by atoms with E-state index >= 15 is 0 Å². The van der Waals surface area contributed by atoms with Crippen LogP contribution in [0.1, 0.15) is 51.4 Å². The fraction of sp³-hybridized carbons (Fsp3) is 1.00. The number of hydrogen-bond acceptors (Lipinski definition) is 4. The highest BCUT2D eigenvalue weighted by atomic mass is 35.5. The van der Waals surface area contributed by atoms with E-state index in [0.29, 0.717) is 12.8 Å². The van der Waals surface area contributed by atoms with E-state index in [1.165, 1.54) is 0 Å². The molecule has 0 saturated carbocycles. The van der Waals surface area contributed by atoms with Crippen molar-refractivity contribution in [2.24, 2.45) is 0 Å². The van der Waals surface area contributed by atoms with Gasteiger partial charge in [0.2, 0.25) is 0 Å². The minimum absolute atomic E-state index is 0. The minimum atomic E-state index is -3.82. The molecule has 0 saturated heterocycles. The van der Waals surface area contributed by atoms with E-state index < -0.39 is 20.2 Å². The van der Waals surface area contributed by atoms with Gasteiger partial charge < -0.3 is 0 Å². The van der Waals surface area contributed by atoms with E-state index in [0.717, 1.165) is 38.5 Å². The molecular formula is C10H24Cl2O6S2. The highest BCUT2D eigenvalue weighted by Crippen LogP contribution is 2.09. The Labute approximate surface area is 134 Å². The zero-order valence-corrected chi connectivity index (χ0v) is 14.5. The molecule has 0 amide bonds. The molecule has 0 bridgehead atoms. The largest absolute Gasteiger partial charge is 0.286 e. The van der Waals surface area contributed by atoms with Gasteiger partial charge in [0.05, 0.1) is 11.5 Å². The molecule has 10 heteroatoms. The molecule has 6 nitrogen and oxygen atoms in total. The summed E-state index contributed by atoms with van der Waals surface area (Å²) in [5.41, 5.74) is 0. The van der Waals surface area contributed by atoms with Crippen LogP contribution in [0.25, 0.3) is 0 Å². The second-order valence-corrected chi connectivity index (χ2v) is 7.54. The fourth-order valence-electron chi connectivity index (χ4n) is 1.63. The summed E-state index contributed by atoms with van der Waals surface area (Å²) in [6, 6.07) is 0. The molecule has 0 spiro atoms. The lowest BCUT2D eigenvalue weighted by atomic mass is 10.1. The van der Waals surface area contributed by atoms with E-state index in [9.17, 15) is 16.8 Å². The van der Waals surface area contributed by atoms with Crippen molar-refractivity contribution in [1.82, 2.24) is 0 Å². The minimum Gasteiger partial charge on any atom is -0.286 e. The second-order valence-electron chi connectivity index (χ2n) is 4.40.